The predicted octanol–water partition coefficient (Wildman–Crippen LogP) is 1.26. The van der Waals surface area contributed by atoms with Crippen LogP contribution in [0.2, 0.25) is 0 Å². The summed E-state index contributed by atoms with van der Waals surface area (Å²) >= 11 is 0. The lowest BCUT2D eigenvalue weighted by atomic mass is 10.1. The number of aromatic nitrogens is 2. The first-order valence-corrected chi connectivity index (χ1v) is 5.97. The highest BCUT2D eigenvalue weighted by Gasteiger charge is 2.24. The summed E-state index contributed by atoms with van der Waals surface area (Å²) < 4.78 is 12.4. The van der Waals surface area contributed by atoms with Crippen molar-refractivity contribution in [2.75, 3.05) is 13.2 Å². The number of phenolic OH excluding ortho intramolecular Hbond substituents is 1. The van der Waals surface area contributed by atoms with Crippen molar-refractivity contribution < 1.29 is 24.5 Å². The Bertz CT molecular complexity index is 692. The number of nitrogens with zero attached hydrogens (tertiary/aromatic N) is 2. The number of phenols is 1. The summed E-state index contributed by atoms with van der Waals surface area (Å²) in [6.45, 7) is 0.802. The second kappa shape index (κ2) is 4.44. The summed E-state index contributed by atoms with van der Waals surface area (Å²) in [6.07, 6.45) is 0. The Hall–Kier alpha value is -2.70. The summed E-state index contributed by atoms with van der Waals surface area (Å²) in [4.78, 5) is 11.0. The molecule has 2 heterocycles. The van der Waals surface area contributed by atoms with Crippen molar-refractivity contribution in [3.63, 3.8) is 0 Å². The van der Waals surface area contributed by atoms with E-state index in [1.807, 2.05) is 0 Å². The summed E-state index contributed by atoms with van der Waals surface area (Å²) in [5.74, 6) is -0.235. The zero-order valence-electron chi connectivity index (χ0n) is 10.7. The highest BCUT2D eigenvalue weighted by Crippen LogP contribution is 2.45. The molecule has 0 amide bonds. The molecular formula is C13H12N2O5. The molecule has 0 unspecified atom stereocenters. The number of ether oxygens (including phenoxy) is 2. The highest BCUT2D eigenvalue weighted by atomic mass is 16.6. The van der Waals surface area contributed by atoms with Gasteiger partial charge in [-0.1, -0.05) is 0 Å². The Kier molecular flexibility index (Phi) is 2.74. The van der Waals surface area contributed by atoms with Gasteiger partial charge in [0.2, 0.25) is 0 Å². The molecule has 20 heavy (non-hydrogen) atoms. The van der Waals surface area contributed by atoms with Gasteiger partial charge in [-0.25, -0.2) is 4.79 Å². The second-order valence-corrected chi connectivity index (χ2v) is 4.33. The molecule has 2 aromatic rings. The first-order valence-electron chi connectivity index (χ1n) is 5.97. The van der Waals surface area contributed by atoms with Crippen LogP contribution >= 0.6 is 0 Å². The molecule has 104 valence electrons. The molecule has 0 saturated heterocycles. The Morgan fingerprint density at radius 1 is 1.35 bits per heavy atom. The standard InChI is InChI=1S/C13H12N2O5/c1-15-8(6-7(14-15)13(17)18)11-9(16)2-3-10-12(11)20-5-4-19-10/h2-3,6,16H,4-5H2,1H3,(H,17,18). The van der Waals surface area contributed by atoms with Crippen LogP contribution in [0.5, 0.6) is 17.2 Å². The first kappa shape index (κ1) is 12.3. The molecular weight excluding hydrogens is 264 g/mol. The van der Waals surface area contributed by atoms with Gasteiger partial charge in [0.1, 0.15) is 19.0 Å². The molecule has 7 heteroatoms. The minimum absolute atomic E-state index is 0.0193. The van der Waals surface area contributed by atoms with Crippen LogP contribution in [0.15, 0.2) is 18.2 Å². The Labute approximate surface area is 114 Å². The third-order valence-electron chi connectivity index (χ3n) is 3.04. The molecule has 0 bridgehead atoms. The maximum Gasteiger partial charge on any atom is 0.356 e. The molecule has 0 aliphatic carbocycles. The molecule has 1 aromatic heterocycles. The number of carboxylic acid groups (broad SMARTS) is 1. The normalized spacial score (nSPS) is 13.2. The molecule has 0 saturated carbocycles. The van der Waals surface area contributed by atoms with E-state index in [9.17, 15) is 9.90 Å². The topological polar surface area (TPSA) is 93.8 Å². The number of benzene rings is 1. The molecule has 2 N–H and O–H groups in total. The van der Waals surface area contributed by atoms with Gasteiger partial charge < -0.3 is 19.7 Å². The predicted molar refractivity (Wildman–Crippen MR) is 68.3 cm³/mol. The van der Waals surface area contributed by atoms with E-state index in [-0.39, 0.29) is 11.4 Å². The van der Waals surface area contributed by atoms with Gasteiger partial charge in [0.05, 0.1) is 11.3 Å². The van der Waals surface area contributed by atoms with E-state index in [2.05, 4.69) is 5.10 Å². The molecule has 0 atom stereocenters. The van der Waals surface area contributed by atoms with Crippen molar-refractivity contribution in [3.05, 3.63) is 23.9 Å². The number of carboxylic acids is 1. The lowest BCUT2D eigenvalue weighted by Gasteiger charge is -2.21. The molecule has 0 spiro atoms. The van der Waals surface area contributed by atoms with Crippen molar-refractivity contribution in [2.45, 2.75) is 0 Å². The van der Waals surface area contributed by atoms with Crippen molar-refractivity contribution >= 4 is 5.97 Å². The number of aromatic carboxylic acids is 1. The Morgan fingerprint density at radius 3 is 2.80 bits per heavy atom. The number of carbonyl (C=O) groups is 1. The number of hydrogen-bond donors (Lipinski definition) is 2. The summed E-state index contributed by atoms with van der Waals surface area (Å²) in [5.41, 5.74) is 0.725. The number of hydrogen-bond acceptors (Lipinski definition) is 5. The van der Waals surface area contributed by atoms with E-state index >= 15 is 0 Å². The average molecular weight is 276 g/mol. The minimum atomic E-state index is -1.13. The van der Waals surface area contributed by atoms with E-state index in [1.54, 1.807) is 13.1 Å². The maximum absolute atomic E-state index is 11.0. The van der Waals surface area contributed by atoms with Gasteiger partial charge in [0.15, 0.2) is 17.2 Å². The van der Waals surface area contributed by atoms with Crippen LogP contribution in [0.3, 0.4) is 0 Å². The van der Waals surface area contributed by atoms with Crippen LogP contribution in [0, 0.1) is 0 Å². The monoisotopic (exact) mass is 276 g/mol. The van der Waals surface area contributed by atoms with Crippen LogP contribution in [-0.4, -0.2) is 39.2 Å². The fraction of sp³-hybridized carbons (Fsp3) is 0.231. The highest BCUT2D eigenvalue weighted by molar-refractivity contribution is 5.88. The van der Waals surface area contributed by atoms with E-state index in [1.165, 1.54) is 16.8 Å². The summed E-state index contributed by atoms with van der Waals surface area (Å²) in [6, 6.07) is 4.48. The molecule has 0 fully saturated rings. The van der Waals surface area contributed by atoms with Crippen molar-refractivity contribution in [2.24, 2.45) is 7.05 Å². The van der Waals surface area contributed by atoms with E-state index < -0.39 is 5.97 Å². The third kappa shape index (κ3) is 1.83. The van der Waals surface area contributed by atoms with Gasteiger partial charge >= 0.3 is 5.97 Å². The zero-order chi connectivity index (χ0) is 14.3. The van der Waals surface area contributed by atoms with E-state index in [0.29, 0.717) is 36.0 Å². The van der Waals surface area contributed by atoms with E-state index in [0.717, 1.165) is 0 Å². The van der Waals surface area contributed by atoms with Crippen molar-refractivity contribution in [1.82, 2.24) is 9.78 Å². The lowest BCUT2D eigenvalue weighted by molar-refractivity contribution is 0.0689. The smallest absolute Gasteiger partial charge is 0.356 e. The van der Waals surface area contributed by atoms with Crippen LogP contribution in [0.25, 0.3) is 11.3 Å². The van der Waals surface area contributed by atoms with Gasteiger partial charge in [-0.2, -0.15) is 5.10 Å². The van der Waals surface area contributed by atoms with Gasteiger partial charge in [-0.3, -0.25) is 4.68 Å². The van der Waals surface area contributed by atoms with Crippen molar-refractivity contribution in [1.29, 1.82) is 0 Å². The van der Waals surface area contributed by atoms with Gasteiger partial charge in [0.25, 0.3) is 0 Å². The van der Waals surface area contributed by atoms with Crippen LogP contribution in [-0.2, 0) is 7.05 Å². The van der Waals surface area contributed by atoms with Crippen LogP contribution in [0.4, 0.5) is 0 Å². The molecule has 3 rings (SSSR count). The minimum Gasteiger partial charge on any atom is -0.507 e. The zero-order valence-corrected chi connectivity index (χ0v) is 10.7. The number of aryl methyl sites for hydroxylation is 1. The maximum atomic E-state index is 11.0. The molecule has 1 aliphatic rings. The molecule has 0 radical (unpaired) electrons. The lowest BCUT2D eigenvalue weighted by Crippen LogP contribution is -2.16. The van der Waals surface area contributed by atoms with Gasteiger partial charge in [-0.05, 0) is 18.2 Å². The number of fused-ring (bicyclic) bond motifs is 1. The number of aromatic hydroxyl groups is 1. The largest absolute Gasteiger partial charge is 0.507 e. The fourth-order valence-corrected chi connectivity index (χ4v) is 2.16. The first-order chi connectivity index (χ1) is 9.58. The molecule has 7 nitrogen and oxygen atoms in total. The SMILES string of the molecule is Cn1nc(C(=O)O)cc1-c1c(O)ccc2c1OCCO2. The van der Waals surface area contributed by atoms with Gasteiger partial charge in [0, 0.05) is 7.05 Å². The quantitative estimate of drug-likeness (QED) is 0.857. The van der Waals surface area contributed by atoms with Crippen LogP contribution < -0.4 is 9.47 Å². The molecule has 1 aromatic carbocycles. The fourth-order valence-electron chi connectivity index (χ4n) is 2.16. The van der Waals surface area contributed by atoms with E-state index in [4.69, 9.17) is 14.6 Å². The van der Waals surface area contributed by atoms with Crippen LogP contribution in [0.1, 0.15) is 10.5 Å². The number of rotatable bonds is 2. The van der Waals surface area contributed by atoms with Crippen molar-refractivity contribution in [3.8, 4) is 28.5 Å². The molecule has 1 aliphatic heterocycles. The summed E-state index contributed by atoms with van der Waals surface area (Å²) in [5, 5.41) is 22.9. The Morgan fingerprint density at radius 2 is 2.10 bits per heavy atom. The van der Waals surface area contributed by atoms with Gasteiger partial charge in [-0.15, -0.1) is 0 Å². The second-order valence-electron chi connectivity index (χ2n) is 4.33. The Balaban J connectivity index is 2.21. The average Bonchev–Trinajstić information content (AvgIpc) is 2.81. The third-order valence-corrected chi connectivity index (χ3v) is 3.04. The summed E-state index contributed by atoms with van der Waals surface area (Å²) in [7, 11) is 1.60.